The Labute approximate surface area is 115 Å². The number of ether oxygens (including phenoxy) is 3. The van der Waals surface area contributed by atoms with E-state index in [4.69, 9.17) is 14.2 Å². The maximum Gasteiger partial charge on any atom is 0.207 e. The first-order valence-electron chi connectivity index (χ1n) is 6.85. The maximum absolute atomic E-state index is 5.94. The topological polar surface area (TPSA) is 40.6 Å². The van der Waals surface area contributed by atoms with Crippen LogP contribution in [0.1, 0.15) is 47.5 Å². The van der Waals surface area contributed by atoms with E-state index in [1.54, 1.807) is 12.4 Å². The molecule has 1 fully saturated rings. The number of pyridine rings is 1. The van der Waals surface area contributed by atoms with Gasteiger partial charge in [0, 0.05) is 0 Å². The largest absolute Gasteiger partial charge is 0.485 e. The Bertz CT molecular complexity index is 434. The van der Waals surface area contributed by atoms with Crippen LogP contribution < -0.4 is 14.2 Å². The fourth-order valence-corrected chi connectivity index (χ4v) is 1.62. The van der Waals surface area contributed by atoms with E-state index < -0.39 is 0 Å². The van der Waals surface area contributed by atoms with Gasteiger partial charge in [0.1, 0.15) is 5.60 Å². The fourth-order valence-electron chi connectivity index (χ4n) is 1.62. The maximum atomic E-state index is 5.94. The number of hydrogen-bond donors (Lipinski definition) is 0. The Balaban J connectivity index is 2.28. The van der Waals surface area contributed by atoms with E-state index in [9.17, 15) is 0 Å². The minimum Gasteiger partial charge on any atom is -0.485 e. The van der Waals surface area contributed by atoms with Gasteiger partial charge >= 0.3 is 0 Å². The van der Waals surface area contributed by atoms with Crippen molar-refractivity contribution in [1.29, 1.82) is 0 Å². The molecule has 0 N–H and O–H groups in total. The zero-order valence-electron chi connectivity index (χ0n) is 12.4. The highest BCUT2D eigenvalue weighted by atomic mass is 16.6. The highest BCUT2D eigenvalue weighted by Gasteiger charge is 2.28. The van der Waals surface area contributed by atoms with Gasteiger partial charge in [-0.15, -0.1) is 0 Å². The van der Waals surface area contributed by atoms with Crippen LogP contribution in [-0.4, -0.2) is 22.8 Å². The van der Waals surface area contributed by atoms with Gasteiger partial charge in [0.15, 0.2) is 11.5 Å². The molecule has 4 heteroatoms. The van der Waals surface area contributed by atoms with E-state index in [1.807, 2.05) is 34.6 Å². The molecule has 2 rings (SSSR count). The highest BCUT2D eigenvalue weighted by molar-refractivity contribution is 5.49. The Morgan fingerprint density at radius 3 is 2.32 bits per heavy atom. The third-order valence-electron chi connectivity index (χ3n) is 2.42. The molecule has 0 saturated heterocycles. The van der Waals surface area contributed by atoms with E-state index in [0.717, 1.165) is 12.8 Å². The summed E-state index contributed by atoms with van der Waals surface area (Å²) in [5.74, 6) is 1.99. The Kier molecular flexibility index (Phi) is 3.88. The van der Waals surface area contributed by atoms with Crippen LogP contribution in [0.5, 0.6) is 17.2 Å². The summed E-state index contributed by atoms with van der Waals surface area (Å²) < 4.78 is 17.6. The third kappa shape index (κ3) is 4.30. The molecule has 1 aliphatic carbocycles. The van der Waals surface area contributed by atoms with Crippen LogP contribution in [0.25, 0.3) is 0 Å². The van der Waals surface area contributed by atoms with Crippen LogP contribution in [0.2, 0.25) is 0 Å². The lowest BCUT2D eigenvalue weighted by Gasteiger charge is -2.24. The van der Waals surface area contributed by atoms with Crippen LogP contribution in [0.3, 0.4) is 0 Å². The first kappa shape index (κ1) is 14.0. The molecule has 0 bridgehead atoms. The smallest absolute Gasteiger partial charge is 0.207 e. The average molecular weight is 265 g/mol. The van der Waals surface area contributed by atoms with Crippen LogP contribution >= 0.6 is 0 Å². The molecule has 0 aromatic carbocycles. The summed E-state index contributed by atoms with van der Waals surface area (Å²) in [6.07, 6.45) is 5.94. The zero-order valence-corrected chi connectivity index (χ0v) is 12.4. The Morgan fingerprint density at radius 2 is 1.79 bits per heavy atom. The average Bonchev–Trinajstić information content (AvgIpc) is 3.03. The summed E-state index contributed by atoms with van der Waals surface area (Å²) in [7, 11) is 0. The standard InChI is InChI=1S/C15H23NO3/c1-10(2)17-12-8-16-9-13(19-15(3,4)5)14(12)18-11-6-7-11/h8-11H,6-7H2,1-5H3. The first-order valence-corrected chi connectivity index (χ1v) is 6.85. The second-order valence-electron chi connectivity index (χ2n) is 6.16. The minimum absolute atomic E-state index is 0.0771. The van der Waals surface area contributed by atoms with Crippen molar-refractivity contribution in [2.45, 2.75) is 65.3 Å². The van der Waals surface area contributed by atoms with Gasteiger partial charge in [0.05, 0.1) is 24.6 Å². The van der Waals surface area contributed by atoms with Gasteiger partial charge in [0.2, 0.25) is 5.75 Å². The summed E-state index contributed by atoms with van der Waals surface area (Å²) >= 11 is 0. The van der Waals surface area contributed by atoms with Crippen molar-refractivity contribution in [3.05, 3.63) is 12.4 Å². The van der Waals surface area contributed by atoms with Crippen molar-refractivity contribution in [2.75, 3.05) is 0 Å². The lowest BCUT2D eigenvalue weighted by Crippen LogP contribution is -2.23. The van der Waals surface area contributed by atoms with Crippen molar-refractivity contribution in [2.24, 2.45) is 0 Å². The summed E-state index contributed by atoms with van der Waals surface area (Å²) in [6.45, 7) is 9.98. The molecule has 19 heavy (non-hydrogen) atoms. The summed E-state index contributed by atoms with van der Waals surface area (Å²) in [4.78, 5) is 4.18. The highest BCUT2D eigenvalue weighted by Crippen LogP contribution is 2.41. The second-order valence-corrected chi connectivity index (χ2v) is 6.16. The van der Waals surface area contributed by atoms with Crippen LogP contribution in [0, 0.1) is 0 Å². The van der Waals surface area contributed by atoms with Gasteiger partial charge in [-0.3, -0.25) is 4.98 Å². The van der Waals surface area contributed by atoms with E-state index in [-0.39, 0.29) is 11.7 Å². The molecule has 1 aromatic heterocycles. The molecule has 1 aliphatic rings. The Morgan fingerprint density at radius 1 is 1.16 bits per heavy atom. The molecule has 0 spiro atoms. The van der Waals surface area contributed by atoms with Gasteiger partial charge in [-0.05, 0) is 47.5 Å². The molecule has 1 heterocycles. The lowest BCUT2D eigenvalue weighted by atomic mass is 10.2. The van der Waals surface area contributed by atoms with Gasteiger partial charge in [0.25, 0.3) is 0 Å². The van der Waals surface area contributed by atoms with Crippen molar-refractivity contribution in [3.8, 4) is 17.2 Å². The summed E-state index contributed by atoms with van der Waals surface area (Å²) in [6, 6.07) is 0. The molecule has 0 amide bonds. The van der Waals surface area contributed by atoms with Crippen molar-refractivity contribution in [3.63, 3.8) is 0 Å². The van der Waals surface area contributed by atoms with Crippen LogP contribution in [0.4, 0.5) is 0 Å². The van der Waals surface area contributed by atoms with Gasteiger partial charge in [-0.1, -0.05) is 0 Å². The second kappa shape index (κ2) is 5.27. The van der Waals surface area contributed by atoms with Crippen molar-refractivity contribution < 1.29 is 14.2 Å². The monoisotopic (exact) mass is 265 g/mol. The van der Waals surface area contributed by atoms with E-state index >= 15 is 0 Å². The molecule has 0 atom stereocenters. The van der Waals surface area contributed by atoms with Gasteiger partial charge in [-0.25, -0.2) is 0 Å². The number of hydrogen-bond acceptors (Lipinski definition) is 4. The first-order chi connectivity index (χ1) is 8.85. The number of nitrogens with zero attached hydrogens (tertiary/aromatic N) is 1. The van der Waals surface area contributed by atoms with Crippen molar-refractivity contribution in [1.82, 2.24) is 4.98 Å². The van der Waals surface area contributed by atoms with Gasteiger partial charge in [-0.2, -0.15) is 0 Å². The van der Waals surface area contributed by atoms with E-state index in [0.29, 0.717) is 23.4 Å². The molecular weight excluding hydrogens is 242 g/mol. The molecule has 0 unspecified atom stereocenters. The molecular formula is C15H23NO3. The third-order valence-corrected chi connectivity index (χ3v) is 2.42. The predicted octanol–water partition coefficient (Wildman–Crippen LogP) is 3.59. The quantitative estimate of drug-likeness (QED) is 0.815. The molecule has 1 aromatic rings. The van der Waals surface area contributed by atoms with E-state index in [1.165, 1.54) is 0 Å². The van der Waals surface area contributed by atoms with Crippen molar-refractivity contribution >= 4 is 0 Å². The molecule has 0 aliphatic heterocycles. The molecule has 1 saturated carbocycles. The SMILES string of the molecule is CC(C)Oc1cncc(OC(C)(C)C)c1OC1CC1. The number of rotatable bonds is 5. The fraction of sp³-hybridized carbons (Fsp3) is 0.667. The zero-order chi connectivity index (χ0) is 14.0. The minimum atomic E-state index is -0.292. The molecule has 106 valence electrons. The summed E-state index contributed by atoms with van der Waals surface area (Å²) in [5, 5.41) is 0. The Hall–Kier alpha value is -1.45. The predicted molar refractivity (Wildman–Crippen MR) is 74.0 cm³/mol. The van der Waals surface area contributed by atoms with E-state index in [2.05, 4.69) is 4.98 Å². The van der Waals surface area contributed by atoms with Gasteiger partial charge < -0.3 is 14.2 Å². The lowest BCUT2D eigenvalue weighted by molar-refractivity contribution is 0.119. The molecule has 0 radical (unpaired) electrons. The van der Waals surface area contributed by atoms with Crippen LogP contribution in [-0.2, 0) is 0 Å². The molecule has 4 nitrogen and oxygen atoms in total. The number of aromatic nitrogens is 1. The van der Waals surface area contributed by atoms with Crippen LogP contribution in [0.15, 0.2) is 12.4 Å². The summed E-state index contributed by atoms with van der Waals surface area (Å²) in [5.41, 5.74) is -0.292. The normalized spacial score (nSPS) is 15.5.